The van der Waals surface area contributed by atoms with Crippen LogP contribution in [0, 0.1) is 0 Å². The van der Waals surface area contributed by atoms with Crippen LogP contribution >= 0.6 is 11.3 Å². The molecule has 23 heavy (non-hydrogen) atoms. The number of rotatable bonds is 3. The number of amidine groups is 1. The highest BCUT2D eigenvalue weighted by molar-refractivity contribution is 7.17. The number of anilines is 1. The van der Waals surface area contributed by atoms with E-state index >= 15 is 0 Å². The van der Waals surface area contributed by atoms with Crippen LogP contribution in [0.1, 0.15) is 53.4 Å². The van der Waals surface area contributed by atoms with Crippen molar-refractivity contribution in [3.8, 4) is 0 Å². The molecule has 0 aromatic carbocycles. The first-order chi connectivity index (χ1) is 11.1. The van der Waals surface area contributed by atoms with Crippen molar-refractivity contribution in [2.24, 2.45) is 10.9 Å². The number of oxime groups is 1. The topological polar surface area (TPSA) is 114 Å². The molecule has 0 saturated heterocycles. The van der Waals surface area contributed by atoms with Crippen LogP contribution in [0.15, 0.2) is 5.16 Å². The van der Waals surface area contributed by atoms with Gasteiger partial charge in [0.15, 0.2) is 0 Å². The Labute approximate surface area is 138 Å². The Hall–Kier alpha value is -2.09. The van der Waals surface area contributed by atoms with Crippen molar-refractivity contribution in [3.05, 3.63) is 16.0 Å². The molecule has 1 aliphatic rings. The van der Waals surface area contributed by atoms with E-state index in [1.165, 1.54) is 11.3 Å². The average molecular weight is 339 g/mol. The average Bonchev–Trinajstić information content (AvgIpc) is 2.83. The summed E-state index contributed by atoms with van der Waals surface area (Å²) in [5.41, 5.74) is 6.67. The molecule has 0 fully saturated rings. The maximum Gasteiger partial charge on any atom is 0.341 e. The number of aryl methyl sites for hydroxylation is 1. The van der Waals surface area contributed by atoms with Gasteiger partial charge >= 0.3 is 5.97 Å². The smallest absolute Gasteiger partial charge is 0.341 e. The zero-order chi connectivity index (χ0) is 16.8. The molecule has 8 heteroatoms. The Morgan fingerprint density at radius 1 is 1.30 bits per heavy atom. The molecule has 126 valence electrons. The van der Waals surface area contributed by atoms with Gasteiger partial charge in [0, 0.05) is 4.88 Å². The van der Waals surface area contributed by atoms with Crippen molar-refractivity contribution in [2.75, 3.05) is 11.9 Å². The van der Waals surface area contributed by atoms with E-state index in [0.717, 1.165) is 49.0 Å². The fourth-order valence-electron chi connectivity index (χ4n) is 2.64. The number of ether oxygens (including phenoxy) is 1. The third kappa shape index (κ3) is 4.01. The second-order valence-electron chi connectivity index (χ2n) is 5.28. The summed E-state index contributed by atoms with van der Waals surface area (Å²) in [4.78, 5) is 25.3. The molecule has 4 N–H and O–H groups in total. The number of hydrogen-bond donors (Lipinski definition) is 3. The quantitative estimate of drug-likeness (QED) is 0.257. The number of thiophene rings is 1. The summed E-state index contributed by atoms with van der Waals surface area (Å²) in [7, 11) is 0. The van der Waals surface area contributed by atoms with Gasteiger partial charge in [0.05, 0.1) is 12.2 Å². The summed E-state index contributed by atoms with van der Waals surface area (Å²) >= 11 is 1.37. The maximum atomic E-state index is 12.3. The zero-order valence-corrected chi connectivity index (χ0v) is 13.9. The minimum atomic E-state index is -0.743. The van der Waals surface area contributed by atoms with Crippen molar-refractivity contribution in [1.29, 1.82) is 0 Å². The molecule has 0 saturated carbocycles. The van der Waals surface area contributed by atoms with Crippen LogP contribution in [0.2, 0.25) is 0 Å². The largest absolute Gasteiger partial charge is 0.462 e. The van der Waals surface area contributed by atoms with Gasteiger partial charge in [0.2, 0.25) is 5.84 Å². The van der Waals surface area contributed by atoms with E-state index in [2.05, 4.69) is 10.5 Å². The third-order valence-electron chi connectivity index (χ3n) is 3.72. The second-order valence-corrected chi connectivity index (χ2v) is 6.39. The first kappa shape index (κ1) is 17.3. The molecule has 0 radical (unpaired) electrons. The normalized spacial score (nSPS) is 15.3. The van der Waals surface area contributed by atoms with Crippen LogP contribution in [0.25, 0.3) is 0 Å². The standard InChI is InChI=1S/C15H21N3O4S/c1-2-22-15(20)11-9-7-5-3-4-6-8-10(9)23-14(11)17-13(19)12(16)18-21/h21H,2-8H2,1H3,(H2,16,18)(H,17,19). The molecule has 1 aliphatic carbocycles. The van der Waals surface area contributed by atoms with Crippen molar-refractivity contribution < 1.29 is 19.5 Å². The van der Waals surface area contributed by atoms with Crippen molar-refractivity contribution >= 4 is 34.0 Å². The molecule has 0 aliphatic heterocycles. The van der Waals surface area contributed by atoms with Crippen molar-refractivity contribution in [1.82, 2.24) is 0 Å². The lowest BCUT2D eigenvalue weighted by Gasteiger charge is -2.11. The Morgan fingerprint density at radius 2 is 2.00 bits per heavy atom. The summed E-state index contributed by atoms with van der Waals surface area (Å²) in [6.07, 6.45) is 6.03. The van der Waals surface area contributed by atoms with E-state index in [-0.39, 0.29) is 6.61 Å². The lowest BCUT2D eigenvalue weighted by atomic mass is 9.96. The Morgan fingerprint density at radius 3 is 2.65 bits per heavy atom. The second kappa shape index (κ2) is 7.96. The van der Waals surface area contributed by atoms with E-state index in [0.29, 0.717) is 10.6 Å². The summed E-state index contributed by atoms with van der Waals surface area (Å²) in [6, 6.07) is 0. The molecular weight excluding hydrogens is 318 g/mol. The molecule has 0 spiro atoms. The fourth-order valence-corrected chi connectivity index (χ4v) is 3.91. The van der Waals surface area contributed by atoms with E-state index in [1.54, 1.807) is 6.92 Å². The van der Waals surface area contributed by atoms with Gasteiger partial charge in [-0.05, 0) is 38.2 Å². The summed E-state index contributed by atoms with van der Waals surface area (Å²) in [6.45, 7) is 2.00. The number of nitrogens with zero attached hydrogens (tertiary/aromatic N) is 1. The predicted octanol–water partition coefficient (Wildman–Crippen LogP) is 2.27. The highest BCUT2D eigenvalue weighted by Gasteiger charge is 2.26. The minimum Gasteiger partial charge on any atom is -0.462 e. The third-order valence-corrected chi connectivity index (χ3v) is 4.93. The number of fused-ring (bicyclic) bond motifs is 1. The van der Waals surface area contributed by atoms with E-state index < -0.39 is 17.7 Å². The number of carbonyl (C=O) groups excluding carboxylic acids is 2. The fraction of sp³-hybridized carbons (Fsp3) is 0.533. The van der Waals surface area contributed by atoms with Crippen LogP contribution in [0.4, 0.5) is 5.00 Å². The number of hydrogen-bond acceptors (Lipinski definition) is 6. The molecule has 0 unspecified atom stereocenters. The van der Waals surface area contributed by atoms with E-state index in [1.807, 2.05) is 0 Å². The molecule has 7 nitrogen and oxygen atoms in total. The molecular formula is C15H21N3O4S. The summed E-state index contributed by atoms with van der Waals surface area (Å²) < 4.78 is 5.14. The van der Waals surface area contributed by atoms with E-state index in [9.17, 15) is 9.59 Å². The SMILES string of the molecule is CCOC(=O)c1c(NC(=O)/C(N)=N\O)sc2c1CCCCCC2. The van der Waals surface area contributed by atoms with Gasteiger partial charge in [0.1, 0.15) is 5.00 Å². The monoisotopic (exact) mass is 339 g/mol. The van der Waals surface area contributed by atoms with Gasteiger partial charge in [-0.3, -0.25) is 4.79 Å². The molecule has 1 heterocycles. The van der Waals surface area contributed by atoms with Gasteiger partial charge in [-0.25, -0.2) is 4.79 Å². The number of esters is 1. The number of amides is 1. The molecule has 1 amide bonds. The molecule has 1 aromatic heterocycles. The van der Waals surface area contributed by atoms with Crippen LogP contribution < -0.4 is 11.1 Å². The van der Waals surface area contributed by atoms with Crippen LogP contribution in [0.3, 0.4) is 0 Å². The first-order valence-electron chi connectivity index (χ1n) is 7.69. The van der Waals surface area contributed by atoms with Gasteiger partial charge in [-0.15, -0.1) is 11.3 Å². The van der Waals surface area contributed by atoms with Gasteiger partial charge < -0.3 is 21.0 Å². The number of carbonyl (C=O) groups is 2. The van der Waals surface area contributed by atoms with Gasteiger partial charge in [-0.2, -0.15) is 0 Å². The highest BCUT2D eigenvalue weighted by Crippen LogP contribution is 2.37. The van der Waals surface area contributed by atoms with Crippen molar-refractivity contribution in [3.63, 3.8) is 0 Å². The maximum absolute atomic E-state index is 12.3. The highest BCUT2D eigenvalue weighted by atomic mass is 32.1. The molecule has 2 rings (SSSR count). The lowest BCUT2D eigenvalue weighted by molar-refractivity contribution is -0.110. The Balaban J connectivity index is 2.41. The summed E-state index contributed by atoms with van der Waals surface area (Å²) in [5, 5.41) is 14.2. The number of nitrogens with one attached hydrogen (secondary N) is 1. The van der Waals surface area contributed by atoms with Gasteiger partial charge in [0.25, 0.3) is 5.91 Å². The minimum absolute atomic E-state index is 0.261. The van der Waals surface area contributed by atoms with Crippen LogP contribution in [-0.4, -0.2) is 29.5 Å². The molecule has 0 atom stereocenters. The first-order valence-corrected chi connectivity index (χ1v) is 8.50. The molecule has 0 bridgehead atoms. The van der Waals surface area contributed by atoms with E-state index in [4.69, 9.17) is 15.7 Å². The zero-order valence-electron chi connectivity index (χ0n) is 13.1. The Kier molecular flexibility index (Phi) is 5.97. The van der Waals surface area contributed by atoms with Gasteiger partial charge in [-0.1, -0.05) is 18.0 Å². The van der Waals surface area contributed by atoms with Crippen LogP contribution in [0.5, 0.6) is 0 Å². The molecule has 1 aromatic rings. The lowest BCUT2D eigenvalue weighted by Crippen LogP contribution is -2.30. The number of nitrogens with two attached hydrogens (primary N) is 1. The predicted molar refractivity (Wildman–Crippen MR) is 88.2 cm³/mol. The van der Waals surface area contributed by atoms with Crippen LogP contribution in [-0.2, 0) is 22.4 Å². The van der Waals surface area contributed by atoms with Crippen molar-refractivity contribution in [2.45, 2.75) is 45.4 Å². The summed E-state index contributed by atoms with van der Waals surface area (Å²) in [5.74, 6) is -1.74. The Bertz CT molecular complexity index is 624.